The van der Waals surface area contributed by atoms with Crippen molar-refractivity contribution in [3.63, 3.8) is 0 Å². The Morgan fingerprint density at radius 1 is 1.25 bits per heavy atom. The van der Waals surface area contributed by atoms with E-state index in [4.69, 9.17) is 33.0 Å². The summed E-state index contributed by atoms with van der Waals surface area (Å²) in [7, 11) is 0. The van der Waals surface area contributed by atoms with Gasteiger partial charge in [-0.05, 0) is 48.9 Å². The summed E-state index contributed by atoms with van der Waals surface area (Å²) in [6.07, 6.45) is 2.24. The number of pyridine rings is 1. The fourth-order valence-corrected chi connectivity index (χ4v) is 5.13. The first-order chi connectivity index (χ1) is 17.1. The summed E-state index contributed by atoms with van der Waals surface area (Å²) in [5, 5.41) is 18.0. The Labute approximate surface area is 218 Å². The van der Waals surface area contributed by atoms with Gasteiger partial charge in [-0.3, -0.25) is 14.5 Å². The summed E-state index contributed by atoms with van der Waals surface area (Å²) in [5.74, 6) is -1.05. The maximum atomic E-state index is 12.4. The van der Waals surface area contributed by atoms with Crippen LogP contribution in [0.1, 0.15) is 25.3 Å². The third-order valence-electron chi connectivity index (χ3n) is 6.25. The predicted molar refractivity (Wildman–Crippen MR) is 134 cm³/mol. The quantitative estimate of drug-likeness (QED) is 0.387. The van der Waals surface area contributed by atoms with E-state index in [1.54, 1.807) is 25.1 Å². The summed E-state index contributed by atoms with van der Waals surface area (Å²) in [6.45, 7) is 3.42. The van der Waals surface area contributed by atoms with Gasteiger partial charge in [0.2, 0.25) is 5.88 Å². The number of rotatable bonds is 9. The van der Waals surface area contributed by atoms with Gasteiger partial charge in [0.25, 0.3) is 5.91 Å². The number of likely N-dealkylation sites (tertiary alicyclic amines) is 1. The monoisotopic (exact) mass is 535 g/mol. The molecule has 1 aliphatic carbocycles. The molecule has 4 rings (SSSR count). The fourth-order valence-electron chi connectivity index (χ4n) is 4.71. The summed E-state index contributed by atoms with van der Waals surface area (Å²) in [5.41, 5.74) is 1.54. The molecule has 192 valence electrons. The summed E-state index contributed by atoms with van der Waals surface area (Å²) in [6, 6.07) is 8.43. The molecule has 0 bridgehead atoms. The Balaban J connectivity index is 1.19. The molecule has 0 radical (unpaired) electrons. The number of benzene rings is 1. The van der Waals surface area contributed by atoms with Crippen LogP contribution in [-0.4, -0.2) is 64.7 Å². The normalized spacial score (nSPS) is 17.4. The number of carbonyl (C=O) groups is 3. The smallest absolute Gasteiger partial charge is 0.319 e. The number of halogens is 2. The SMILES string of the molecule is CC(Oc1ncc(Cl)cc1Cl)C(=O)NCc1cccc(NC(=O)NC2CC3(C2)CN(CC(=O)O)C3)c1. The van der Waals surface area contributed by atoms with Crippen LogP contribution in [0, 0.1) is 5.41 Å². The molecule has 1 unspecified atom stereocenters. The maximum absolute atomic E-state index is 12.4. The topological polar surface area (TPSA) is 133 Å². The third-order valence-corrected chi connectivity index (χ3v) is 6.73. The van der Waals surface area contributed by atoms with Gasteiger partial charge in [0.1, 0.15) is 5.02 Å². The van der Waals surface area contributed by atoms with Gasteiger partial charge in [-0.25, -0.2) is 9.78 Å². The summed E-state index contributed by atoms with van der Waals surface area (Å²) in [4.78, 5) is 41.5. The number of urea groups is 1. The number of nitrogens with zero attached hydrogens (tertiary/aromatic N) is 2. The van der Waals surface area contributed by atoms with Gasteiger partial charge < -0.3 is 25.8 Å². The van der Waals surface area contributed by atoms with E-state index in [1.165, 1.54) is 12.3 Å². The van der Waals surface area contributed by atoms with Gasteiger partial charge in [-0.15, -0.1) is 0 Å². The van der Waals surface area contributed by atoms with Gasteiger partial charge in [0, 0.05) is 37.6 Å². The standard InChI is InChI=1S/C24H27Cl2N5O5/c1-14(36-22-19(26)6-16(25)10-28-22)21(34)27-9-15-3-2-4-17(5-15)29-23(35)30-18-7-24(8-18)12-31(13-24)11-20(32)33/h2-6,10,14,18H,7-9,11-13H2,1H3,(H,27,34)(H,32,33)(H2,29,30,35). The zero-order valence-electron chi connectivity index (χ0n) is 19.6. The molecule has 2 aliphatic rings. The molecular weight excluding hydrogens is 509 g/mol. The Hall–Kier alpha value is -3.08. The fraction of sp³-hybridized carbons (Fsp3) is 0.417. The second-order valence-corrected chi connectivity index (χ2v) is 10.2. The average Bonchev–Trinajstić information content (AvgIpc) is 2.76. The van der Waals surface area contributed by atoms with E-state index in [9.17, 15) is 14.4 Å². The van der Waals surface area contributed by atoms with E-state index in [1.807, 2.05) is 11.0 Å². The number of ether oxygens (including phenoxy) is 1. The number of hydrogen-bond donors (Lipinski definition) is 4. The Morgan fingerprint density at radius 2 is 2.00 bits per heavy atom. The third kappa shape index (κ3) is 6.57. The van der Waals surface area contributed by atoms with Crippen molar-refractivity contribution in [2.45, 2.75) is 38.5 Å². The minimum Gasteiger partial charge on any atom is -0.480 e. The number of amides is 3. The number of aromatic nitrogens is 1. The molecule has 4 N–H and O–H groups in total. The molecule has 2 heterocycles. The van der Waals surface area contributed by atoms with Gasteiger partial charge in [-0.2, -0.15) is 0 Å². The average molecular weight is 536 g/mol. The molecule has 10 nitrogen and oxygen atoms in total. The molecular formula is C24H27Cl2N5O5. The number of hydrogen-bond acceptors (Lipinski definition) is 6. The molecule has 2 fully saturated rings. The maximum Gasteiger partial charge on any atom is 0.319 e. The van der Waals surface area contributed by atoms with Crippen molar-refractivity contribution >= 4 is 46.8 Å². The van der Waals surface area contributed by atoms with E-state index in [0.29, 0.717) is 10.7 Å². The van der Waals surface area contributed by atoms with Crippen LogP contribution in [0.3, 0.4) is 0 Å². The molecule has 1 saturated heterocycles. The number of anilines is 1. The van der Waals surface area contributed by atoms with E-state index in [-0.39, 0.29) is 47.4 Å². The lowest BCUT2D eigenvalue weighted by atomic mass is 9.60. The molecule has 2 aromatic rings. The number of nitrogens with one attached hydrogen (secondary N) is 3. The zero-order chi connectivity index (χ0) is 25.9. The first kappa shape index (κ1) is 26.0. The molecule has 1 atom stereocenters. The van der Waals surface area contributed by atoms with Crippen molar-refractivity contribution in [3.8, 4) is 5.88 Å². The van der Waals surface area contributed by atoms with E-state index in [0.717, 1.165) is 31.5 Å². The molecule has 3 amide bonds. The first-order valence-corrected chi connectivity index (χ1v) is 12.2. The molecule has 12 heteroatoms. The van der Waals surface area contributed by atoms with Gasteiger partial charge in [0.05, 0.1) is 11.6 Å². The number of carbonyl (C=O) groups excluding carboxylic acids is 2. The zero-order valence-corrected chi connectivity index (χ0v) is 21.1. The van der Waals surface area contributed by atoms with Crippen LogP contribution < -0.4 is 20.7 Å². The lowest BCUT2D eigenvalue weighted by Crippen LogP contribution is -2.67. The van der Waals surface area contributed by atoms with E-state index in [2.05, 4.69) is 20.9 Å². The highest BCUT2D eigenvalue weighted by atomic mass is 35.5. The largest absolute Gasteiger partial charge is 0.480 e. The van der Waals surface area contributed by atoms with E-state index >= 15 is 0 Å². The molecule has 1 aromatic carbocycles. The molecule has 1 saturated carbocycles. The highest BCUT2D eigenvalue weighted by Gasteiger charge is 2.52. The van der Waals surface area contributed by atoms with Crippen molar-refractivity contribution in [1.29, 1.82) is 0 Å². The Morgan fingerprint density at radius 3 is 2.69 bits per heavy atom. The Bertz CT molecular complexity index is 1150. The van der Waals surface area contributed by atoms with Gasteiger partial charge in [-0.1, -0.05) is 35.3 Å². The summed E-state index contributed by atoms with van der Waals surface area (Å²) < 4.78 is 5.52. The predicted octanol–water partition coefficient (Wildman–Crippen LogP) is 3.14. The van der Waals surface area contributed by atoms with Gasteiger partial charge in [0.15, 0.2) is 6.10 Å². The molecule has 1 spiro atoms. The van der Waals surface area contributed by atoms with Gasteiger partial charge >= 0.3 is 12.0 Å². The molecule has 1 aromatic heterocycles. The van der Waals surface area contributed by atoms with Crippen LogP contribution >= 0.6 is 23.2 Å². The van der Waals surface area contributed by atoms with Crippen molar-refractivity contribution < 1.29 is 24.2 Å². The minimum absolute atomic E-state index is 0.0664. The van der Waals surface area contributed by atoms with Crippen molar-refractivity contribution in [3.05, 3.63) is 52.1 Å². The lowest BCUT2D eigenvalue weighted by Gasteiger charge is -2.58. The van der Waals surface area contributed by atoms with Crippen LogP contribution in [0.2, 0.25) is 10.0 Å². The highest BCUT2D eigenvalue weighted by Crippen LogP contribution is 2.48. The number of carboxylic acids is 1. The number of carboxylic acid groups (broad SMARTS) is 1. The second-order valence-electron chi connectivity index (χ2n) is 9.36. The van der Waals surface area contributed by atoms with Crippen molar-refractivity contribution in [2.75, 3.05) is 25.0 Å². The van der Waals surface area contributed by atoms with Crippen molar-refractivity contribution in [2.24, 2.45) is 5.41 Å². The van der Waals surface area contributed by atoms with E-state index < -0.39 is 12.1 Å². The van der Waals surface area contributed by atoms with Crippen LogP contribution in [0.5, 0.6) is 5.88 Å². The first-order valence-electron chi connectivity index (χ1n) is 11.5. The summed E-state index contributed by atoms with van der Waals surface area (Å²) >= 11 is 11.9. The Kier molecular flexibility index (Phi) is 7.87. The molecule has 36 heavy (non-hydrogen) atoms. The second kappa shape index (κ2) is 10.9. The molecule has 1 aliphatic heterocycles. The highest BCUT2D eigenvalue weighted by molar-refractivity contribution is 6.35. The van der Waals surface area contributed by atoms with Crippen LogP contribution in [0.25, 0.3) is 0 Å². The minimum atomic E-state index is -0.832. The number of aliphatic carboxylic acids is 1. The lowest BCUT2D eigenvalue weighted by molar-refractivity contribution is -0.145. The van der Waals surface area contributed by atoms with Crippen LogP contribution in [0.15, 0.2) is 36.5 Å². The van der Waals surface area contributed by atoms with Crippen molar-refractivity contribution in [1.82, 2.24) is 20.5 Å². The van der Waals surface area contributed by atoms with Crippen LogP contribution in [-0.2, 0) is 16.1 Å². The van der Waals surface area contributed by atoms with Crippen LogP contribution in [0.4, 0.5) is 10.5 Å².